The lowest BCUT2D eigenvalue weighted by molar-refractivity contribution is 0.0757. The third-order valence-electron chi connectivity index (χ3n) is 4.64. The van der Waals surface area contributed by atoms with Crippen LogP contribution in [-0.2, 0) is 4.74 Å². The second-order valence-corrected chi connectivity index (χ2v) is 5.93. The van der Waals surface area contributed by atoms with Crippen LogP contribution in [0, 0.1) is 5.92 Å². The first-order valence-electron chi connectivity index (χ1n) is 7.26. The molecular formula is C14H28N2O. The van der Waals surface area contributed by atoms with Gasteiger partial charge in [0, 0.05) is 25.2 Å². The van der Waals surface area contributed by atoms with E-state index < -0.39 is 0 Å². The molecule has 0 bridgehead atoms. The van der Waals surface area contributed by atoms with Crippen LogP contribution >= 0.6 is 0 Å². The predicted octanol–water partition coefficient (Wildman–Crippen LogP) is 2.00. The molecule has 3 nitrogen and oxygen atoms in total. The van der Waals surface area contributed by atoms with Gasteiger partial charge in [0.05, 0.1) is 6.10 Å². The number of rotatable bonds is 3. The van der Waals surface area contributed by atoms with Crippen LogP contribution < -0.4 is 5.73 Å². The van der Waals surface area contributed by atoms with Crippen LogP contribution in [0.2, 0.25) is 0 Å². The van der Waals surface area contributed by atoms with Gasteiger partial charge in [-0.2, -0.15) is 0 Å². The molecule has 17 heavy (non-hydrogen) atoms. The van der Waals surface area contributed by atoms with Crippen LogP contribution in [0.3, 0.4) is 0 Å². The summed E-state index contributed by atoms with van der Waals surface area (Å²) < 4.78 is 5.65. The fourth-order valence-corrected chi connectivity index (χ4v) is 3.44. The van der Waals surface area contributed by atoms with Crippen molar-refractivity contribution in [3.63, 3.8) is 0 Å². The number of hydrogen-bond donors (Lipinski definition) is 1. The fourth-order valence-electron chi connectivity index (χ4n) is 3.44. The first-order chi connectivity index (χ1) is 8.18. The monoisotopic (exact) mass is 240 g/mol. The van der Waals surface area contributed by atoms with Crippen LogP contribution in [0.4, 0.5) is 0 Å². The van der Waals surface area contributed by atoms with Gasteiger partial charge >= 0.3 is 0 Å². The van der Waals surface area contributed by atoms with Gasteiger partial charge in [0.15, 0.2) is 0 Å². The van der Waals surface area contributed by atoms with Crippen LogP contribution in [0.1, 0.15) is 45.4 Å². The largest absolute Gasteiger partial charge is 0.377 e. The Balaban J connectivity index is 1.85. The Labute approximate surface area is 106 Å². The van der Waals surface area contributed by atoms with Gasteiger partial charge in [-0.1, -0.05) is 19.3 Å². The molecule has 0 radical (unpaired) electrons. The highest BCUT2D eigenvalue weighted by Crippen LogP contribution is 2.25. The molecule has 2 fully saturated rings. The van der Waals surface area contributed by atoms with E-state index in [1.807, 2.05) is 0 Å². The Kier molecular flexibility index (Phi) is 4.83. The third-order valence-corrected chi connectivity index (χ3v) is 4.64. The summed E-state index contributed by atoms with van der Waals surface area (Å²) in [6.07, 6.45) is 8.16. The van der Waals surface area contributed by atoms with Crippen molar-refractivity contribution in [3.8, 4) is 0 Å². The molecule has 1 saturated heterocycles. The molecule has 1 saturated carbocycles. The summed E-state index contributed by atoms with van der Waals surface area (Å²) in [7, 11) is 2.24. The number of likely N-dealkylation sites (N-methyl/N-ethyl adjacent to an activating group) is 1. The molecule has 0 amide bonds. The zero-order valence-electron chi connectivity index (χ0n) is 11.4. The lowest BCUT2D eigenvalue weighted by Gasteiger charge is -2.32. The number of hydrogen-bond acceptors (Lipinski definition) is 3. The van der Waals surface area contributed by atoms with Crippen molar-refractivity contribution < 1.29 is 4.74 Å². The van der Waals surface area contributed by atoms with E-state index in [0.29, 0.717) is 24.1 Å². The number of nitrogens with zero attached hydrogens (tertiary/aromatic N) is 1. The van der Waals surface area contributed by atoms with Crippen molar-refractivity contribution in [2.45, 2.75) is 63.6 Å². The summed E-state index contributed by atoms with van der Waals surface area (Å²) >= 11 is 0. The average Bonchev–Trinajstić information content (AvgIpc) is 2.63. The smallest absolute Gasteiger partial charge is 0.0702 e. The van der Waals surface area contributed by atoms with E-state index in [-0.39, 0.29) is 0 Å². The quantitative estimate of drug-likeness (QED) is 0.767. The van der Waals surface area contributed by atoms with E-state index in [1.165, 1.54) is 38.5 Å². The Morgan fingerprint density at radius 3 is 2.65 bits per heavy atom. The summed E-state index contributed by atoms with van der Waals surface area (Å²) in [6.45, 7) is 4.27. The van der Waals surface area contributed by atoms with E-state index >= 15 is 0 Å². The minimum absolute atomic E-state index is 0.391. The van der Waals surface area contributed by atoms with Gasteiger partial charge < -0.3 is 15.4 Å². The van der Waals surface area contributed by atoms with Gasteiger partial charge in [-0.15, -0.1) is 0 Å². The first-order valence-corrected chi connectivity index (χ1v) is 7.26. The minimum atomic E-state index is 0.391. The Hall–Kier alpha value is -0.120. The number of ether oxygens (including phenoxy) is 1. The summed E-state index contributed by atoms with van der Waals surface area (Å²) in [5.74, 6) is 0.690. The van der Waals surface area contributed by atoms with Crippen molar-refractivity contribution in [3.05, 3.63) is 0 Å². The van der Waals surface area contributed by atoms with Crippen molar-refractivity contribution in [2.24, 2.45) is 11.7 Å². The SMILES string of the molecule is CC1OCCC1N(C)CC1CCCCCC1N. The van der Waals surface area contributed by atoms with E-state index in [4.69, 9.17) is 10.5 Å². The van der Waals surface area contributed by atoms with Gasteiger partial charge in [-0.3, -0.25) is 0 Å². The molecule has 100 valence electrons. The topological polar surface area (TPSA) is 38.5 Å². The van der Waals surface area contributed by atoms with Crippen molar-refractivity contribution in [2.75, 3.05) is 20.2 Å². The molecule has 4 unspecified atom stereocenters. The third kappa shape index (κ3) is 3.43. The van der Waals surface area contributed by atoms with Crippen LogP contribution in [0.15, 0.2) is 0 Å². The van der Waals surface area contributed by atoms with E-state index in [1.54, 1.807) is 0 Å². The summed E-state index contributed by atoms with van der Waals surface area (Å²) in [5.41, 5.74) is 6.30. The molecule has 3 heteroatoms. The van der Waals surface area contributed by atoms with Crippen LogP contribution in [0.25, 0.3) is 0 Å². The average molecular weight is 240 g/mol. The molecule has 2 N–H and O–H groups in total. The summed E-state index contributed by atoms with van der Waals surface area (Å²) in [5, 5.41) is 0. The van der Waals surface area contributed by atoms with E-state index in [0.717, 1.165) is 13.2 Å². The zero-order chi connectivity index (χ0) is 12.3. The molecule has 0 spiro atoms. The Morgan fingerprint density at radius 1 is 1.18 bits per heavy atom. The van der Waals surface area contributed by atoms with Gasteiger partial charge in [0.25, 0.3) is 0 Å². The molecule has 0 aromatic heterocycles. The maximum absolute atomic E-state index is 6.30. The second kappa shape index (κ2) is 6.17. The minimum Gasteiger partial charge on any atom is -0.377 e. The maximum atomic E-state index is 6.30. The summed E-state index contributed by atoms with van der Waals surface area (Å²) in [4.78, 5) is 2.49. The highest BCUT2D eigenvalue weighted by molar-refractivity contribution is 4.85. The van der Waals surface area contributed by atoms with Crippen molar-refractivity contribution in [1.82, 2.24) is 4.90 Å². The predicted molar refractivity (Wildman–Crippen MR) is 71.0 cm³/mol. The van der Waals surface area contributed by atoms with Crippen molar-refractivity contribution in [1.29, 1.82) is 0 Å². The molecule has 1 heterocycles. The first kappa shape index (κ1) is 13.3. The molecule has 1 aliphatic heterocycles. The van der Waals surface area contributed by atoms with Crippen LogP contribution in [-0.4, -0.2) is 43.3 Å². The molecule has 1 aliphatic carbocycles. The number of nitrogens with two attached hydrogens (primary N) is 1. The summed E-state index contributed by atoms with van der Waals surface area (Å²) in [6, 6.07) is 1.02. The van der Waals surface area contributed by atoms with E-state index in [2.05, 4.69) is 18.9 Å². The van der Waals surface area contributed by atoms with Gasteiger partial charge in [-0.25, -0.2) is 0 Å². The lowest BCUT2D eigenvalue weighted by Crippen LogP contribution is -2.43. The van der Waals surface area contributed by atoms with Gasteiger partial charge in [-0.05, 0) is 39.2 Å². The van der Waals surface area contributed by atoms with Crippen LogP contribution in [0.5, 0.6) is 0 Å². The Morgan fingerprint density at radius 2 is 1.94 bits per heavy atom. The van der Waals surface area contributed by atoms with Crippen molar-refractivity contribution >= 4 is 0 Å². The standard InChI is InChI=1S/C14H28N2O/c1-11-14(8-9-17-11)16(2)10-12-6-4-3-5-7-13(12)15/h11-14H,3-10,15H2,1-2H3. The Bertz CT molecular complexity index is 234. The molecule has 4 atom stereocenters. The molecule has 2 aliphatic rings. The molecule has 0 aromatic carbocycles. The second-order valence-electron chi connectivity index (χ2n) is 5.93. The normalized spacial score (nSPS) is 39.5. The molecule has 2 rings (SSSR count). The van der Waals surface area contributed by atoms with Gasteiger partial charge in [0.1, 0.15) is 0 Å². The molecule has 0 aromatic rings. The lowest BCUT2D eigenvalue weighted by atomic mass is 9.94. The fraction of sp³-hybridized carbons (Fsp3) is 1.00. The molecular weight excluding hydrogens is 212 g/mol. The van der Waals surface area contributed by atoms with Gasteiger partial charge in [0.2, 0.25) is 0 Å². The highest BCUT2D eigenvalue weighted by Gasteiger charge is 2.30. The highest BCUT2D eigenvalue weighted by atomic mass is 16.5. The zero-order valence-corrected chi connectivity index (χ0v) is 11.4. The van der Waals surface area contributed by atoms with E-state index in [9.17, 15) is 0 Å². The maximum Gasteiger partial charge on any atom is 0.0702 e.